The molecule has 0 amide bonds. The number of nitrogens with zero attached hydrogens (tertiary/aromatic N) is 1. The molecule has 3 rings (SSSR count). The van der Waals surface area contributed by atoms with Gasteiger partial charge in [0.05, 0.1) is 5.52 Å². The van der Waals surface area contributed by atoms with Gasteiger partial charge in [-0.1, -0.05) is 41.6 Å². The maximum absolute atomic E-state index is 5.95. The normalized spacial score (nSPS) is 10.7. The summed E-state index contributed by atoms with van der Waals surface area (Å²) in [5, 5.41) is 2.78. The van der Waals surface area contributed by atoms with E-state index in [-0.39, 0.29) is 0 Å². The molecule has 0 saturated carbocycles. The Morgan fingerprint density at radius 1 is 1.00 bits per heavy atom. The number of hydrogen-bond donors (Lipinski definition) is 0. The Balaban J connectivity index is 1.96. The molecule has 0 unspecified atom stereocenters. The van der Waals surface area contributed by atoms with E-state index < -0.39 is 0 Å². The number of pyridine rings is 1. The molecule has 0 fully saturated rings. The molecule has 1 heterocycles. The van der Waals surface area contributed by atoms with Gasteiger partial charge in [-0.2, -0.15) is 0 Å². The fourth-order valence-electron chi connectivity index (χ4n) is 1.69. The zero-order valence-electron chi connectivity index (χ0n) is 9.43. The van der Waals surface area contributed by atoms with Crippen molar-refractivity contribution in [2.24, 2.45) is 0 Å². The molecular formula is C15H9ClNS. The summed E-state index contributed by atoms with van der Waals surface area (Å²) >= 11 is 7.59. The van der Waals surface area contributed by atoms with Gasteiger partial charge in [-0.05, 0) is 42.5 Å². The fourth-order valence-corrected chi connectivity index (χ4v) is 2.67. The van der Waals surface area contributed by atoms with Crippen LogP contribution in [0.2, 0.25) is 5.02 Å². The van der Waals surface area contributed by atoms with Crippen LogP contribution in [0.3, 0.4) is 0 Å². The molecule has 0 bridgehead atoms. The Bertz CT molecular complexity index is 682. The maximum atomic E-state index is 5.95. The van der Waals surface area contributed by atoms with Crippen molar-refractivity contribution >= 4 is 34.3 Å². The first-order valence-electron chi connectivity index (χ1n) is 5.51. The van der Waals surface area contributed by atoms with Gasteiger partial charge in [-0.25, -0.2) is 4.98 Å². The summed E-state index contributed by atoms with van der Waals surface area (Å²) in [7, 11) is 0. The minimum Gasteiger partial charge on any atom is -0.241 e. The quantitative estimate of drug-likeness (QED) is 0.661. The smallest absolute Gasteiger partial charge is 0.101 e. The lowest BCUT2D eigenvalue weighted by Gasteiger charge is -2.03. The summed E-state index contributed by atoms with van der Waals surface area (Å²) in [6.45, 7) is 0. The molecule has 0 atom stereocenters. The Morgan fingerprint density at radius 2 is 1.83 bits per heavy atom. The SMILES string of the molecule is Clc1ccc2nc(Sc3cc[c]cc3)ccc2c1. The van der Waals surface area contributed by atoms with Gasteiger partial charge >= 0.3 is 0 Å². The molecule has 0 N–H and O–H groups in total. The predicted octanol–water partition coefficient (Wildman–Crippen LogP) is 4.84. The van der Waals surface area contributed by atoms with E-state index in [1.165, 1.54) is 0 Å². The monoisotopic (exact) mass is 270 g/mol. The maximum Gasteiger partial charge on any atom is 0.101 e. The molecule has 0 saturated heterocycles. The van der Waals surface area contributed by atoms with Crippen LogP contribution >= 0.6 is 23.4 Å². The lowest BCUT2D eigenvalue weighted by molar-refractivity contribution is 1.19. The van der Waals surface area contributed by atoms with E-state index in [2.05, 4.69) is 11.1 Å². The van der Waals surface area contributed by atoms with Crippen molar-refractivity contribution in [3.8, 4) is 0 Å². The number of halogens is 1. The van der Waals surface area contributed by atoms with Crippen LogP contribution in [-0.2, 0) is 0 Å². The van der Waals surface area contributed by atoms with E-state index >= 15 is 0 Å². The highest BCUT2D eigenvalue weighted by molar-refractivity contribution is 7.99. The lowest BCUT2D eigenvalue weighted by atomic mass is 10.2. The average molecular weight is 271 g/mol. The van der Waals surface area contributed by atoms with Gasteiger partial charge in [0.2, 0.25) is 0 Å². The van der Waals surface area contributed by atoms with Crippen LogP contribution in [0, 0.1) is 6.07 Å². The molecule has 1 nitrogen and oxygen atoms in total. The molecule has 0 spiro atoms. The number of benzene rings is 2. The second-order valence-electron chi connectivity index (χ2n) is 3.82. The number of hydrogen-bond acceptors (Lipinski definition) is 2. The Labute approximate surface area is 115 Å². The largest absolute Gasteiger partial charge is 0.241 e. The highest BCUT2D eigenvalue weighted by atomic mass is 35.5. The van der Waals surface area contributed by atoms with E-state index in [9.17, 15) is 0 Å². The van der Waals surface area contributed by atoms with E-state index in [1.807, 2.05) is 54.6 Å². The van der Waals surface area contributed by atoms with Crippen molar-refractivity contribution in [1.29, 1.82) is 0 Å². The van der Waals surface area contributed by atoms with Crippen molar-refractivity contribution in [3.63, 3.8) is 0 Å². The molecular weight excluding hydrogens is 262 g/mol. The van der Waals surface area contributed by atoms with Crippen molar-refractivity contribution in [1.82, 2.24) is 4.98 Å². The second kappa shape index (κ2) is 5.01. The highest BCUT2D eigenvalue weighted by Gasteiger charge is 2.01. The summed E-state index contributed by atoms with van der Waals surface area (Å²) < 4.78 is 0. The number of fused-ring (bicyclic) bond motifs is 1. The lowest BCUT2D eigenvalue weighted by Crippen LogP contribution is -1.82. The molecule has 0 aliphatic rings. The van der Waals surface area contributed by atoms with Crippen molar-refractivity contribution in [3.05, 3.63) is 65.7 Å². The third-order valence-corrected chi connectivity index (χ3v) is 3.72. The van der Waals surface area contributed by atoms with Crippen LogP contribution in [0.5, 0.6) is 0 Å². The van der Waals surface area contributed by atoms with Gasteiger partial charge in [-0.15, -0.1) is 0 Å². The summed E-state index contributed by atoms with van der Waals surface area (Å²) in [5.74, 6) is 0. The van der Waals surface area contributed by atoms with Gasteiger partial charge in [-0.3, -0.25) is 0 Å². The third-order valence-electron chi connectivity index (χ3n) is 2.54. The first kappa shape index (κ1) is 11.6. The zero-order valence-corrected chi connectivity index (χ0v) is 11.0. The van der Waals surface area contributed by atoms with Gasteiger partial charge in [0.25, 0.3) is 0 Å². The van der Waals surface area contributed by atoms with Crippen LogP contribution in [-0.4, -0.2) is 4.98 Å². The minimum atomic E-state index is 0.739. The number of rotatable bonds is 2. The molecule has 1 aromatic heterocycles. The first-order valence-corrected chi connectivity index (χ1v) is 6.71. The topological polar surface area (TPSA) is 12.9 Å². The average Bonchev–Trinajstić information content (AvgIpc) is 2.40. The van der Waals surface area contributed by atoms with Crippen molar-refractivity contribution in [2.75, 3.05) is 0 Å². The second-order valence-corrected chi connectivity index (χ2v) is 5.35. The van der Waals surface area contributed by atoms with Gasteiger partial charge in [0.15, 0.2) is 0 Å². The molecule has 3 aromatic rings. The van der Waals surface area contributed by atoms with Crippen molar-refractivity contribution < 1.29 is 0 Å². The molecule has 87 valence electrons. The standard InChI is InChI=1S/C15H9ClNS/c16-12-7-8-14-11(10-12)6-9-15(17-14)18-13-4-2-1-3-5-13/h2-10H. The summed E-state index contributed by atoms with van der Waals surface area (Å²) in [6, 6.07) is 20.7. The highest BCUT2D eigenvalue weighted by Crippen LogP contribution is 2.27. The van der Waals surface area contributed by atoms with E-state index in [1.54, 1.807) is 11.8 Å². The Morgan fingerprint density at radius 3 is 2.67 bits per heavy atom. The van der Waals surface area contributed by atoms with E-state index in [0.717, 1.165) is 25.8 Å². The van der Waals surface area contributed by atoms with Gasteiger partial charge in [0.1, 0.15) is 5.03 Å². The molecule has 0 aliphatic heterocycles. The molecule has 1 radical (unpaired) electrons. The van der Waals surface area contributed by atoms with E-state index in [0.29, 0.717) is 0 Å². The van der Waals surface area contributed by atoms with Crippen molar-refractivity contribution in [2.45, 2.75) is 9.92 Å². The summed E-state index contributed by atoms with van der Waals surface area (Å²) in [4.78, 5) is 5.77. The van der Waals surface area contributed by atoms with Crippen LogP contribution in [0.4, 0.5) is 0 Å². The zero-order chi connectivity index (χ0) is 12.4. The Hall–Kier alpha value is -1.51. The van der Waals surface area contributed by atoms with Crippen LogP contribution in [0.25, 0.3) is 10.9 Å². The van der Waals surface area contributed by atoms with Gasteiger partial charge in [0, 0.05) is 15.3 Å². The molecule has 18 heavy (non-hydrogen) atoms. The minimum absolute atomic E-state index is 0.739. The van der Waals surface area contributed by atoms with Crippen LogP contribution in [0.15, 0.2) is 64.5 Å². The first-order chi connectivity index (χ1) is 8.81. The molecule has 3 heteroatoms. The summed E-state index contributed by atoms with van der Waals surface area (Å²) in [5.41, 5.74) is 0.965. The van der Waals surface area contributed by atoms with Crippen LogP contribution < -0.4 is 0 Å². The predicted molar refractivity (Wildman–Crippen MR) is 76.2 cm³/mol. The van der Waals surface area contributed by atoms with Crippen LogP contribution in [0.1, 0.15) is 0 Å². The Kier molecular flexibility index (Phi) is 3.22. The molecule has 2 aromatic carbocycles. The van der Waals surface area contributed by atoms with Gasteiger partial charge < -0.3 is 0 Å². The fraction of sp³-hybridized carbons (Fsp3) is 0. The third kappa shape index (κ3) is 2.50. The molecule has 0 aliphatic carbocycles. The number of aromatic nitrogens is 1. The summed E-state index contributed by atoms with van der Waals surface area (Å²) in [6.07, 6.45) is 0. The van der Waals surface area contributed by atoms with E-state index in [4.69, 9.17) is 11.6 Å².